The molecule has 0 aliphatic heterocycles. The molecule has 114 valence electrons. The van der Waals surface area contributed by atoms with Crippen LogP contribution in [0.2, 0.25) is 0 Å². The third-order valence-electron chi connectivity index (χ3n) is 2.19. The van der Waals surface area contributed by atoms with Crippen LogP contribution in [-0.4, -0.2) is 28.1 Å². The number of nitrogens with one attached hydrogen (secondary N) is 2. The van der Waals surface area contributed by atoms with Crippen molar-refractivity contribution in [1.82, 2.24) is 10.3 Å². The number of hydrogen-bond acceptors (Lipinski definition) is 4. The van der Waals surface area contributed by atoms with Crippen LogP contribution >= 0.6 is 24.0 Å². The highest BCUT2D eigenvalue weighted by molar-refractivity contribution is 8.00. The molecule has 0 aliphatic rings. The molecule has 0 spiro atoms. The number of alkyl halides is 3. The molecule has 0 radical (unpaired) electrons. The van der Waals surface area contributed by atoms with Crippen LogP contribution in [0.25, 0.3) is 0 Å². The minimum atomic E-state index is -4.34. The van der Waals surface area contributed by atoms with Gasteiger partial charge in [-0.15, -0.1) is 0 Å². The molecule has 1 atom stereocenters. The number of thiocarbonyl (C=S) groups is 1. The van der Waals surface area contributed by atoms with E-state index in [1.807, 2.05) is 12.2 Å². The second kappa shape index (κ2) is 8.05. The normalized spacial score (nSPS) is 12.3. The van der Waals surface area contributed by atoms with Crippen molar-refractivity contribution in [2.75, 3.05) is 11.9 Å². The fourth-order valence-electron chi connectivity index (χ4n) is 1.24. The van der Waals surface area contributed by atoms with Crippen molar-refractivity contribution in [3.05, 3.63) is 18.2 Å². The molecule has 0 aliphatic carbocycles. The molecule has 1 aromatic rings. The van der Waals surface area contributed by atoms with Crippen molar-refractivity contribution >= 4 is 34.9 Å². The Morgan fingerprint density at radius 1 is 1.52 bits per heavy atom. The van der Waals surface area contributed by atoms with Crippen LogP contribution in [0.3, 0.4) is 0 Å². The Kier molecular flexibility index (Phi) is 6.71. The van der Waals surface area contributed by atoms with Crippen molar-refractivity contribution in [3.63, 3.8) is 0 Å². The first-order valence-electron chi connectivity index (χ1n) is 5.99. The van der Waals surface area contributed by atoms with Gasteiger partial charge in [0, 0.05) is 0 Å². The zero-order valence-corrected chi connectivity index (χ0v) is 12.7. The molecule has 0 saturated carbocycles. The highest BCUT2D eigenvalue weighted by atomic mass is 32.2. The van der Waals surface area contributed by atoms with Crippen LogP contribution in [-0.2, 0) is 0 Å². The molecule has 21 heavy (non-hydrogen) atoms. The molecule has 1 unspecified atom stereocenters. The average Bonchev–Trinajstić information content (AvgIpc) is 2.42. The molecular weight excluding hydrogens is 321 g/mol. The monoisotopic (exact) mass is 334 g/mol. The molecule has 0 saturated heterocycles. The van der Waals surface area contributed by atoms with E-state index in [1.165, 1.54) is 11.8 Å². The van der Waals surface area contributed by atoms with Crippen LogP contribution in [0.15, 0.2) is 23.2 Å². The summed E-state index contributed by atoms with van der Waals surface area (Å²) in [4.78, 5) is 4.18. The van der Waals surface area contributed by atoms with Gasteiger partial charge in [0.2, 0.25) is 0 Å². The maximum Gasteiger partial charge on any atom is 0.405 e. The number of rotatable bonds is 5. The summed E-state index contributed by atoms with van der Waals surface area (Å²) in [7, 11) is 0. The van der Waals surface area contributed by atoms with Crippen molar-refractivity contribution in [3.8, 4) is 6.07 Å². The van der Waals surface area contributed by atoms with Gasteiger partial charge < -0.3 is 10.6 Å². The third kappa shape index (κ3) is 7.15. The second-order valence-electron chi connectivity index (χ2n) is 3.93. The van der Waals surface area contributed by atoms with Crippen molar-refractivity contribution in [1.29, 1.82) is 5.26 Å². The van der Waals surface area contributed by atoms with Gasteiger partial charge in [0.15, 0.2) is 5.11 Å². The van der Waals surface area contributed by atoms with E-state index in [9.17, 15) is 13.2 Å². The molecule has 1 rings (SSSR count). The van der Waals surface area contributed by atoms with Gasteiger partial charge in [-0.2, -0.15) is 18.4 Å². The molecule has 1 heterocycles. The maximum atomic E-state index is 12.0. The fraction of sp³-hybridized carbons (Fsp3) is 0.417. The largest absolute Gasteiger partial charge is 0.405 e. The van der Waals surface area contributed by atoms with Gasteiger partial charge in [-0.05, 0) is 30.8 Å². The molecule has 4 nitrogen and oxygen atoms in total. The molecule has 0 aromatic carbocycles. The number of anilines is 1. The SMILES string of the molecule is CCC(C#N)Sc1cccc(NC(=S)NCC(F)(F)F)n1. The fourth-order valence-corrected chi connectivity index (χ4v) is 2.23. The zero-order valence-electron chi connectivity index (χ0n) is 11.1. The van der Waals surface area contributed by atoms with Gasteiger partial charge in [0.1, 0.15) is 12.4 Å². The van der Waals surface area contributed by atoms with Gasteiger partial charge in [0.05, 0.1) is 16.3 Å². The minimum absolute atomic E-state index is 0.158. The summed E-state index contributed by atoms with van der Waals surface area (Å²) in [5.41, 5.74) is 0. The number of hydrogen-bond donors (Lipinski definition) is 2. The summed E-state index contributed by atoms with van der Waals surface area (Å²) < 4.78 is 36.1. The number of nitriles is 1. The minimum Gasteiger partial charge on any atom is -0.353 e. The highest BCUT2D eigenvalue weighted by Gasteiger charge is 2.27. The first kappa shape index (κ1) is 17.5. The summed E-state index contributed by atoms with van der Waals surface area (Å²) >= 11 is 6.05. The molecule has 0 bridgehead atoms. The van der Waals surface area contributed by atoms with E-state index in [-0.39, 0.29) is 10.4 Å². The van der Waals surface area contributed by atoms with Crippen LogP contribution in [0, 0.1) is 11.3 Å². The molecule has 2 N–H and O–H groups in total. The van der Waals surface area contributed by atoms with Crippen LogP contribution in [0.4, 0.5) is 19.0 Å². The zero-order chi connectivity index (χ0) is 15.9. The summed E-state index contributed by atoms with van der Waals surface area (Å²) in [5.74, 6) is 0.326. The maximum absolute atomic E-state index is 12.0. The predicted molar refractivity (Wildman–Crippen MR) is 80.1 cm³/mol. The van der Waals surface area contributed by atoms with Crippen LogP contribution in [0.5, 0.6) is 0 Å². The standard InChI is InChI=1S/C12H13F3N4S2/c1-2-8(6-16)21-10-5-3-4-9(18-10)19-11(20)17-7-12(13,14)15/h3-5,8H,2,7H2,1H3,(H2,17,18,19,20). The van der Waals surface area contributed by atoms with Gasteiger partial charge in [-0.3, -0.25) is 0 Å². The summed E-state index contributed by atoms with van der Waals surface area (Å²) in [6.07, 6.45) is -3.66. The van der Waals surface area contributed by atoms with Gasteiger partial charge in [-0.1, -0.05) is 24.8 Å². The second-order valence-corrected chi connectivity index (χ2v) is 5.56. The number of pyridine rings is 1. The highest BCUT2D eigenvalue weighted by Crippen LogP contribution is 2.24. The third-order valence-corrected chi connectivity index (χ3v) is 3.63. The van der Waals surface area contributed by atoms with Gasteiger partial charge >= 0.3 is 6.18 Å². The van der Waals surface area contributed by atoms with E-state index in [0.717, 1.165) is 0 Å². The summed E-state index contributed by atoms with van der Waals surface area (Å²) in [5, 5.41) is 13.7. The Labute approximate surface area is 130 Å². The molecular formula is C12H13F3N4S2. The number of halogens is 3. The smallest absolute Gasteiger partial charge is 0.353 e. The predicted octanol–water partition coefficient (Wildman–Crippen LogP) is 3.32. The molecule has 0 fully saturated rings. The van der Waals surface area contributed by atoms with Crippen LogP contribution in [0.1, 0.15) is 13.3 Å². The average molecular weight is 334 g/mol. The topological polar surface area (TPSA) is 60.7 Å². The Balaban J connectivity index is 2.60. The van der Waals surface area contributed by atoms with Gasteiger partial charge in [-0.25, -0.2) is 4.98 Å². The van der Waals surface area contributed by atoms with E-state index >= 15 is 0 Å². The van der Waals surface area contributed by atoms with Crippen molar-refractivity contribution in [2.24, 2.45) is 0 Å². The van der Waals surface area contributed by atoms with Crippen molar-refractivity contribution < 1.29 is 13.2 Å². The van der Waals surface area contributed by atoms with Gasteiger partial charge in [0.25, 0.3) is 0 Å². The number of thioether (sulfide) groups is 1. The lowest BCUT2D eigenvalue weighted by atomic mass is 10.4. The van der Waals surface area contributed by atoms with Crippen molar-refractivity contribution in [2.45, 2.75) is 29.8 Å². The quantitative estimate of drug-likeness (QED) is 0.636. The molecule has 1 aromatic heterocycles. The van der Waals surface area contributed by atoms with E-state index in [2.05, 4.69) is 16.4 Å². The van der Waals surface area contributed by atoms with E-state index in [1.54, 1.807) is 18.2 Å². The Morgan fingerprint density at radius 2 is 2.24 bits per heavy atom. The Bertz CT molecular complexity index is 528. The summed E-state index contributed by atoms with van der Waals surface area (Å²) in [6, 6.07) is 7.13. The Morgan fingerprint density at radius 3 is 2.81 bits per heavy atom. The molecule has 0 amide bonds. The Hall–Kier alpha value is -1.53. The number of aromatic nitrogens is 1. The summed E-state index contributed by atoms with van der Waals surface area (Å²) in [6.45, 7) is 0.679. The first-order valence-corrected chi connectivity index (χ1v) is 7.27. The van der Waals surface area contributed by atoms with E-state index in [4.69, 9.17) is 17.5 Å². The lowest BCUT2D eigenvalue weighted by Gasteiger charge is -2.12. The lowest BCUT2D eigenvalue weighted by molar-refractivity contribution is -0.121. The van der Waals surface area contributed by atoms with E-state index < -0.39 is 12.7 Å². The van der Waals surface area contributed by atoms with E-state index in [0.29, 0.717) is 17.3 Å². The lowest BCUT2D eigenvalue weighted by Crippen LogP contribution is -2.36. The molecule has 9 heteroatoms. The number of nitrogens with zero attached hydrogens (tertiary/aromatic N) is 2. The first-order chi connectivity index (χ1) is 9.84. The van der Waals surface area contributed by atoms with Crippen LogP contribution < -0.4 is 10.6 Å².